The molecule has 0 fully saturated rings. The molecule has 6 heteroatoms. The molecule has 3 aromatic rings. The third kappa shape index (κ3) is 4.95. The molecule has 0 saturated carbocycles. The van der Waals surface area contributed by atoms with Crippen molar-refractivity contribution in [2.45, 2.75) is 26.2 Å². The van der Waals surface area contributed by atoms with Crippen LogP contribution in [-0.4, -0.2) is 28.6 Å². The van der Waals surface area contributed by atoms with Gasteiger partial charge in [-0.1, -0.05) is 72.8 Å². The van der Waals surface area contributed by atoms with Crippen LogP contribution in [0.5, 0.6) is 0 Å². The molecule has 4 nitrogen and oxygen atoms in total. The van der Waals surface area contributed by atoms with Crippen LogP contribution in [0.4, 0.5) is 0 Å². The van der Waals surface area contributed by atoms with E-state index in [4.69, 9.17) is 8.85 Å². The molecule has 154 valence electrons. The van der Waals surface area contributed by atoms with Crippen LogP contribution in [0.3, 0.4) is 0 Å². The smallest absolute Gasteiger partial charge is 0.325 e. The number of carbonyl (C=O) groups is 2. The van der Waals surface area contributed by atoms with Gasteiger partial charge >= 0.3 is 11.9 Å². The number of hydrogen-bond donors (Lipinski definition) is 0. The largest absolute Gasteiger partial charge is 0.512 e. The lowest BCUT2D eigenvalue weighted by Gasteiger charge is -2.25. The second-order valence-corrected chi connectivity index (χ2v) is 15.7. The van der Waals surface area contributed by atoms with Gasteiger partial charge in [-0.15, -0.1) is 0 Å². The first-order chi connectivity index (χ1) is 14.2. The summed E-state index contributed by atoms with van der Waals surface area (Å²) in [6.45, 7) is 7.86. The highest BCUT2D eigenvalue weighted by atomic mass is 28.4. The van der Waals surface area contributed by atoms with Gasteiger partial charge in [0, 0.05) is 0 Å². The average molecular weight is 435 g/mol. The van der Waals surface area contributed by atoms with Gasteiger partial charge in [0.1, 0.15) is 0 Å². The zero-order valence-corrected chi connectivity index (χ0v) is 19.7. The molecular formula is C24H26O4Si2. The van der Waals surface area contributed by atoms with Crippen LogP contribution in [-0.2, 0) is 8.85 Å². The van der Waals surface area contributed by atoms with Gasteiger partial charge in [-0.05, 0) is 48.7 Å². The zero-order chi connectivity index (χ0) is 21.8. The third-order valence-electron chi connectivity index (χ3n) is 5.00. The lowest BCUT2D eigenvalue weighted by molar-refractivity contribution is 0.0683. The van der Waals surface area contributed by atoms with E-state index in [-0.39, 0.29) is 11.1 Å². The molecule has 0 saturated heterocycles. The Hall–Kier alpha value is -2.97. The van der Waals surface area contributed by atoms with Crippen LogP contribution in [0.25, 0.3) is 0 Å². The Morgan fingerprint density at radius 3 is 1.17 bits per heavy atom. The zero-order valence-electron chi connectivity index (χ0n) is 17.7. The van der Waals surface area contributed by atoms with E-state index in [0.717, 1.165) is 10.4 Å². The molecule has 0 aliphatic carbocycles. The second kappa shape index (κ2) is 8.81. The summed E-state index contributed by atoms with van der Waals surface area (Å²) in [4.78, 5) is 26.0. The molecule has 0 aromatic heterocycles. The van der Waals surface area contributed by atoms with Gasteiger partial charge in [0.25, 0.3) is 16.6 Å². The molecule has 0 aliphatic heterocycles. The first kappa shape index (κ1) is 21.7. The molecule has 30 heavy (non-hydrogen) atoms. The third-order valence-corrected chi connectivity index (χ3v) is 9.84. The molecular weight excluding hydrogens is 408 g/mol. The molecule has 0 atom stereocenters. The summed E-state index contributed by atoms with van der Waals surface area (Å²) in [5, 5.41) is 2.02. The van der Waals surface area contributed by atoms with Gasteiger partial charge in [-0.25, -0.2) is 9.59 Å². The van der Waals surface area contributed by atoms with Crippen molar-refractivity contribution in [2.24, 2.45) is 0 Å². The summed E-state index contributed by atoms with van der Waals surface area (Å²) in [5.74, 6) is -0.996. The maximum Gasteiger partial charge on any atom is 0.325 e. The molecule has 0 spiro atoms. The summed E-state index contributed by atoms with van der Waals surface area (Å²) in [6.07, 6.45) is 0. The Balaban J connectivity index is 1.83. The fraction of sp³-hybridized carbons (Fsp3) is 0.167. The average Bonchev–Trinajstić information content (AvgIpc) is 2.74. The molecule has 0 radical (unpaired) electrons. The van der Waals surface area contributed by atoms with Gasteiger partial charge in [0.2, 0.25) is 0 Å². The normalized spacial score (nSPS) is 11.6. The van der Waals surface area contributed by atoms with Crippen LogP contribution < -0.4 is 10.4 Å². The van der Waals surface area contributed by atoms with Crippen molar-refractivity contribution in [3.63, 3.8) is 0 Å². The quantitative estimate of drug-likeness (QED) is 0.545. The van der Waals surface area contributed by atoms with E-state index in [1.807, 2.05) is 86.9 Å². The molecule has 0 amide bonds. The predicted octanol–water partition coefficient (Wildman–Crippen LogP) is 4.22. The summed E-state index contributed by atoms with van der Waals surface area (Å²) in [5.41, 5.74) is 0.466. The fourth-order valence-electron chi connectivity index (χ4n) is 3.21. The highest BCUT2D eigenvalue weighted by Gasteiger charge is 2.34. The number of benzene rings is 3. The van der Waals surface area contributed by atoms with E-state index >= 15 is 0 Å². The molecule has 0 bridgehead atoms. The molecule has 0 unspecified atom stereocenters. The van der Waals surface area contributed by atoms with Crippen molar-refractivity contribution in [3.8, 4) is 0 Å². The van der Waals surface area contributed by atoms with Gasteiger partial charge in [-0.3, -0.25) is 0 Å². The Morgan fingerprint density at radius 2 is 0.833 bits per heavy atom. The second-order valence-electron chi connectivity index (χ2n) is 8.08. The lowest BCUT2D eigenvalue weighted by Crippen LogP contribution is -2.47. The monoisotopic (exact) mass is 434 g/mol. The van der Waals surface area contributed by atoms with Gasteiger partial charge < -0.3 is 8.85 Å². The summed E-state index contributed by atoms with van der Waals surface area (Å²) in [7, 11) is -4.95. The molecule has 0 N–H and O–H groups in total. The summed E-state index contributed by atoms with van der Waals surface area (Å²) < 4.78 is 11.8. The highest BCUT2D eigenvalue weighted by Crippen LogP contribution is 2.18. The SMILES string of the molecule is C[Si](C)(OC(=O)c1ccccc1C(=O)O[Si](C)(C)c1ccccc1)c1ccccc1. The standard InChI is InChI=1S/C24H26O4Si2/c1-29(2,19-13-7-5-8-14-19)27-23(25)21-17-11-12-18-22(21)24(26)28-30(3,4)20-15-9-6-10-16-20/h5-18H,1-4H3. The topological polar surface area (TPSA) is 52.6 Å². The van der Waals surface area contributed by atoms with Gasteiger partial charge in [-0.2, -0.15) is 0 Å². The van der Waals surface area contributed by atoms with Crippen LogP contribution in [0.15, 0.2) is 84.9 Å². The molecule has 3 aromatic carbocycles. The van der Waals surface area contributed by atoms with Crippen molar-refractivity contribution >= 4 is 38.9 Å². The van der Waals surface area contributed by atoms with E-state index in [2.05, 4.69) is 0 Å². The maximum absolute atomic E-state index is 13.0. The van der Waals surface area contributed by atoms with Gasteiger partial charge in [0.05, 0.1) is 11.1 Å². The molecule has 3 rings (SSSR count). The maximum atomic E-state index is 13.0. The van der Waals surface area contributed by atoms with Crippen molar-refractivity contribution in [2.75, 3.05) is 0 Å². The number of rotatable bonds is 6. The minimum absolute atomic E-state index is 0.233. The van der Waals surface area contributed by atoms with E-state index in [9.17, 15) is 9.59 Å². The van der Waals surface area contributed by atoms with E-state index in [1.54, 1.807) is 24.3 Å². The fourth-order valence-corrected chi connectivity index (χ4v) is 6.58. The van der Waals surface area contributed by atoms with Crippen LogP contribution in [0.1, 0.15) is 20.7 Å². The Morgan fingerprint density at radius 1 is 0.533 bits per heavy atom. The van der Waals surface area contributed by atoms with Crippen LogP contribution in [0.2, 0.25) is 26.2 Å². The number of hydrogen-bond acceptors (Lipinski definition) is 4. The Kier molecular flexibility index (Phi) is 6.38. The van der Waals surface area contributed by atoms with Gasteiger partial charge in [0.15, 0.2) is 0 Å². The highest BCUT2D eigenvalue weighted by molar-refractivity contribution is 6.86. The minimum Gasteiger partial charge on any atom is -0.512 e. The first-order valence-corrected chi connectivity index (χ1v) is 15.7. The number of carbonyl (C=O) groups excluding carboxylic acids is 2. The molecule has 0 heterocycles. The summed E-state index contributed by atoms with van der Waals surface area (Å²) in [6, 6.07) is 26.1. The van der Waals surface area contributed by atoms with Crippen LogP contribution in [0, 0.1) is 0 Å². The lowest BCUT2D eigenvalue weighted by atomic mass is 10.1. The van der Waals surface area contributed by atoms with E-state index in [0.29, 0.717) is 0 Å². The predicted molar refractivity (Wildman–Crippen MR) is 124 cm³/mol. The van der Waals surface area contributed by atoms with Crippen LogP contribution >= 0.6 is 0 Å². The Labute approximate surface area is 179 Å². The van der Waals surface area contributed by atoms with E-state index in [1.165, 1.54) is 0 Å². The van der Waals surface area contributed by atoms with Crippen molar-refractivity contribution in [3.05, 3.63) is 96.1 Å². The Bertz CT molecular complexity index is 947. The summed E-state index contributed by atoms with van der Waals surface area (Å²) >= 11 is 0. The minimum atomic E-state index is -2.48. The molecule has 0 aliphatic rings. The van der Waals surface area contributed by atoms with Crippen molar-refractivity contribution < 1.29 is 18.4 Å². The van der Waals surface area contributed by atoms with E-state index < -0.39 is 28.6 Å². The van der Waals surface area contributed by atoms with Crippen molar-refractivity contribution in [1.29, 1.82) is 0 Å². The first-order valence-electron chi connectivity index (χ1n) is 9.87. The van der Waals surface area contributed by atoms with Crippen molar-refractivity contribution in [1.82, 2.24) is 0 Å².